The van der Waals surface area contributed by atoms with Crippen LogP contribution < -0.4 is 10.6 Å². The summed E-state index contributed by atoms with van der Waals surface area (Å²) in [5.74, 6) is -2.03. The Labute approximate surface area is 116 Å². The van der Waals surface area contributed by atoms with E-state index in [4.69, 9.17) is 5.11 Å². The van der Waals surface area contributed by atoms with E-state index < -0.39 is 11.9 Å². The first-order valence-electron chi connectivity index (χ1n) is 6.17. The van der Waals surface area contributed by atoms with Crippen LogP contribution in [0.4, 0.5) is 0 Å². The molecular formula is C13H17N3O4. The van der Waals surface area contributed by atoms with Crippen molar-refractivity contribution in [1.29, 1.82) is 0 Å². The molecule has 1 heterocycles. The molecular weight excluding hydrogens is 262 g/mol. The second kappa shape index (κ2) is 7.22. The van der Waals surface area contributed by atoms with Crippen molar-refractivity contribution >= 4 is 17.8 Å². The molecule has 0 bridgehead atoms. The summed E-state index contributed by atoms with van der Waals surface area (Å²) >= 11 is 0. The third-order valence-corrected chi connectivity index (χ3v) is 2.49. The molecule has 2 amide bonds. The summed E-state index contributed by atoms with van der Waals surface area (Å²) in [6, 6.07) is 2.76. The zero-order chi connectivity index (χ0) is 15.1. The number of nitrogens with one attached hydrogen (secondary N) is 2. The standard InChI is InChI=1S/C13H17N3O4/c1-8(2)11(17)15-6-7-16-12(18)10-9(13(19)20)4-3-5-14-10/h3-5,8H,6-7H2,1-2H3,(H,15,17)(H,16,18)(H,19,20). The number of pyridine rings is 1. The zero-order valence-corrected chi connectivity index (χ0v) is 11.3. The Hall–Kier alpha value is -2.44. The van der Waals surface area contributed by atoms with Crippen molar-refractivity contribution < 1.29 is 19.5 Å². The van der Waals surface area contributed by atoms with Gasteiger partial charge < -0.3 is 15.7 Å². The van der Waals surface area contributed by atoms with Gasteiger partial charge in [0.2, 0.25) is 5.91 Å². The lowest BCUT2D eigenvalue weighted by Gasteiger charge is -2.09. The van der Waals surface area contributed by atoms with Gasteiger partial charge in [-0.05, 0) is 12.1 Å². The number of hydrogen-bond acceptors (Lipinski definition) is 4. The van der Waals surface area contributed by atoms with Gasteiger partial charge in [-0.3, -0.25) is 14.6 Å². The predicted molar refractivity (Wildman–Crippen MR) is 71.4 cm³/mol. The minimum atomic E-state index is -1.21. The van der Waals surface area contributed by atoms with E-state index in [1.165, 1.54) is 18.3 Å². The molecule has 7 heteroatoms. The first-order valence-corrected chi connectivity index (χ1v) is 6.17. The summed E-state index contributed by atoms with van der Waals surface area (Å²) in [5.41, 5.74) is -0.300. The maximum Gasteiger partial charge on any atom is 0.338 e. The highest BCUT2D eigenvalue weighted by Crippen LogP contribution is 2.04. The average Bonchev–Trinajstić information content (AvgIpc) is 2.42. The molecule has 0 spiro atoms. The van der Waals surface area contributed by atoms with E-state index in [-0.39, 0.29) is 36.2 Å². The molecule has 0 aliphatic rings. The van der Waals surface area contributed by atoms with Crippen molar-refractivity contribution in [2.24, 2.45) is 5.92 Å². The monoisotopic (exact) mass is 279 g/mol. The molecule has 0 aliphatic carbocycles. The van der Waals surface area contributed by atoms with Crippen molar-refractivity contribution in [1.82, 2.24) is 15.6 Å². The zero-order valence-electron chi connectivity index (χ0n) is 11.3. The van der Waals surface area contributed by atoms with Crippen LogP contribution in [0.2, 0.25) is 0 Å². The minimum Gasteiger partial charge on any atom is -0.478 e. The highest BCUT2D eigenvalue weighted by atomic mass is 16.4. The molecule has 1 aromatic rings. The molecule has 0 aliphatic heterocycles. The molecule has 0 aromatic carbocycles. The van der Waals surface area contributed by atoms with Gasteiger partial charge in [0, 0.05) is 25.2 Å². The summed E-state index contributed by atoms with van der Waals surface area (Å²) in [7, 11) is 0. The lowest BCUT2D eigenvalue weighted by molar-refractivity contribution is -0.123. The van der Waals surface area contributed by atoms with Crippen LogP contribution in [0.1, 0.15) is 34.7 Å². The van der Waals surface area contributed by atoms with Crippen molar-refractivity contribution in [3.8, 4) is 0 Å². The Morgan fingerprint density at radius 3 is 2.50 bits per heavy atom. The fraction of sp³-hybridized carbons (Fsp3) is 0.385. The molecule has 3 N–H and O–H groups in total. The molecule has 0 radical (unpaired) electrons. The van der Waals surface area contributed by atoms with Crippen molar-refractivity contribution in [3.05, 3.63) is 29.6 Å². The minimum absolute atomic E-state index is 0.108. The first-order chi connectivity index (χ1) is 9.43. The molecule has 0 saturated carbocycles. The molecule has 0 saturated heterocycles. The number of amides is 2. The van der Waals surface area contributed by atoms with Crippen LogP contribution in [0, 0.1) is 5.92 Å². The van der Waals surface area contributed by atoms with Gasteiger partial charge in [-0.1, -0.05) is 13.8 Å². The summed E-state index contributed by atoms with van der Waals surface area (Å²) < 4.78 is 0. The summed E-state index contributed by atoms with van der Waals surface area (Å²) in [6.45, 7) is 4.01. The Balaban J connectivity index is 2.52. The van der Waals surface area contributed by atoms with Gasteiger partial charge in [0.1, 0.15) is 5.69 Å². The SMILES string of the molecule is CC(C)C(=O)NCCNC(=O)c1ncccc1C(=O)O. The van der Waals surface area contributed by atoms with Crippen molar-refractivity contribution in [2.45, 2.75) is 13.8 Å². The Bertz CT molecular complexity index is 514. The Kier molecular flexibility index (Phi) is 5.64. The molecule has 108 valence electrons. The van der Waals surface area contributed by atoms with Gasteiger partial charge in [-0.25, -0.2) is 4.79 Å². The largest absolute Gasteiger partial charge is 0.478 e. The topological polar surface area (TPSA) is 108 Å². The maximum atomic E-state index is 11.8. The smallest absolute Gasteiger partial charge is 0.338 e. The van der Waals surface area contributed by atoms with Gasteiger partial charge in [0.25, 0.3) is 5.91 Å². The summed E-state index contributed by atoms with van der Waals surface area (Å²) in [5, 5.41) is 14.1. The lowest BCUT2D eigenvalue weighted by Crippen LogP contribution is -2.37. The maximum absolute atomic E-state index is 11.8. The normalized spacial score (nSPS) is 10.2. The number of rotatable bonds is 6. The van der Waals surface area contributed by atoms with Crippen LogP contribution in [-0.4, -0.2) is 41.0 Å². The highest BCUT2D eigenvalue weighted by molar-refractivity contribution is 6.03. The summed E-state index contributed by atoms with van der Waals surface area (Å²) in [4.78, 5) is 37.8. The second-order valence-corrected chi connectivity index (χ2v) is 4.41. The predicted octanol–water partition coefficient (Wildman–Crippen LogP) is 0.282. The van der Waals surface area contributed by atoms with E-state index in [9.17, 15) is 14.4 Å². The Morgan fingerprint density at radius 2 is 1.90 bits per heavy atom. The fourth-order valence-corrected chi connectivity index (χ4v) is 1.41. The van der Waals surface area contributed by atoms with Crippen LogP contribution in [0.25, 0.3) is 0 Å². The third kappa shape index (κ3) is 4.34. The molecule has 0 unspecified atom stereocenters. The average molecular weight is 279 g/mol. The molecule has 0 fully saturated rings. The van der Waals surface area contributed by atoms with Gasteiger partial charge in [-0.15, -0.1) is 0 Å². The lowest BCUT2D eigenvalue weighted by atomic mass is 10.2. The van der Waals surface area contributed by atoms with Crippen LogP contribution in [0.3, 0.4) is 0 Å². The molecule has 1 aromatic heterocycles. The van der Waals surface area contributed by atoms with E-state index >= 15 is 0 Å². The second-order valence-electron chi connectivity index (χ2n) is 4.41. The van der Waals surface area contributed by atoms with Gasteiger partial charge in [0.05, 0.1) is 5.56 Å². The van der Waals surface area contributed by atoms with E-state index in [1.807, 2.05) is 0 Å². The number of nitrogens with zero attached hydrogens (tertiary/aromatic N) is 1. The Morgan fingerprint density at radius 1 is 1.25 bits per heavy atom. The molecule has 0 atom stereocenters. The third-order valence-electron chi connectivity index (χ3n) is 2.49. The molecule has 1 rings (SSSR count). The van der Waals surface area contributed by atoms with Crippen molar-refractivity contribution in [2.75, 3.05) is 13.1 Å². The van der Waals surface area contributed by atoms with E-state index in [1.54, 1.807) is 13.8 Å². The quantitative estimate of drug-likeness (QED) is 0.648. The first kappa shape index (κ1) is 15.6. The van der Waals surface area contributed by atoms with E-state index in [0.29, 0.717) is 0 Å². The number of aromatic nitrogens is 1. The molecule has 7 nitrogen and oxygen atoms in total. The van der Waals surface area contributed by atoms with Crippen molar-refractivity contribution in [3.63, 3.8) is 0 Å². The van der Waals surface area contributed by atoms with E-state index in [0.717, 1.165) is 0 Å². The fourth-order valence-electron chi connectivity index (χ4n) is 1.41. The van der Waals surface area contributed by atoms with Crippen LogP contribution in [0.5, 0.6) is 0 Å². The van der Waals surface area contributed by atoms with Gasteiger partial charge in [-0.2, -0.15) is 0 Å². The highest BCUT2D eigenvalue weighted by Gasteiger charge is 2.17. The molecule has 20 heavy (non-hydrogen) atoms. The number of carboxylic acids is 1. The van der Waals surface area contributed by atoms with Crippen LogP contribution in [-0.2, 0) is 4.79 Å². The number of aromatic carboxylic acids is 1. The summed E-state index contributed by atoms with van der Waals surface area (Å²) in [6.07, 6.45) is 1.35. The van der Waals surface area contributed by atoms with Gasteiger partial charge in [0.15, 0.2) is 0 Å². The van der Waals surface area contributed by atoms with Crippen LogP contribution >= 0.6 is 0 Å². The van der Waals surface area contributed by atoms with Crippen LogP contribution in [0.15, 0.2) is 18.3 Å². The van der Waals surface area contributed by atoms with E-state index in [2.05, 4.69) is 15.6 Å². The number of carboxylic acid groups (broad SMARTS) is 1. The number of hydrogen-bond donors (Lipinski definition) is 3. The number of carbonyl (C=O) groups excluding carboxylic acids is 2. The van der Waals surface area contributed by atoms with Gasteiger partial charge >= 0.3 is 5.97 Å². The number of carbonyl (C=O) groups is 3.